The Hall–Kier alpha value is -2.31. The number of benzene rings is 2. The van der Waals surface area contributed by atoms with Gasteiger partial charge in [-0.1, -0.05) is 23.7 Å². The Morgan fingerprint density at radius 1 is 1.11 bits per heavy atom. The molecule has 4 rings (SSSR count). The number of hydrogen-bond donors (Lipinski definition) is 2. The molecule has 1 fully saturated rings. The number of aromatic amines is 1. The van der Waals surface area contributed by atoms with Crippen LogP contribution < -0.4 is 5.73 Å². The third-order valence-corrected chi connectivity index (χ3v) is 7.19. The number of carbonyl (C=O) groups excluding carboxylic acids is 1. The summed E-state index contributed by atoms with van der Waals surface area (Å²) in [5.74, 6) is 0.0169. The van der Waals surface area contributed by atoms with Gasteiger partial charge in [-0.25, -0.2) is 8.42 Å². The molecule has 0 saturated carbocycles. The second-order valence-corrected chi connectivity index (χ2v) is 9.73. The van der Waals surface area contributed by atoms with Gasteiger partial charge in [-0.2, -0.15) is 0 Å². The second-order valence-electron chi connectivity index (χ2n) is 6.99. The molecule has 0 aliphatic carbocycles. The van der Waals surface area contributed by atoms with Crippen LogP contribution >= 0.6 is 11.6 Å². The summed E-state index contributed by atoms with van der Waals surface area (Å²) in [5, 5.41) is 1.52. The highest BCUT2D eigenvalue weighted by Gasteiger charge is 2.27. The summed E-state index contributed by atoms with van der Waals surface area (Å²) in [6, 6.07) is 11.2. The van der Waals surface area contributed by atoms with Crippen molar-refractivity contribution < 1.29 is 13.2 Å². The largest absolute Gasteiger partial charge is 0.366 e. The number of amides is 1. The number of fused-ring (bicyclic) bond motifs is 1. The van der Waals surface area contributed by atoms with Crippen molar-refractivity contribution in [3.05, 3.63) is 58.7 Å². The number of hydrogen-bond acceptors (Lipinski definition) is 3. The molecule has 1 aromatic heterocycles. The zero-order valence-corrected chi connectivity index (χ0v) is 16.1. The molecule has 1 saturated heterocycles. The molecule has 0 spiro atoms. The lowest BCUT2D eigenvalue weighted by Crippen LogP contribution is -2.22. The van der Waals surface area contributed by atoms with E-state index in [4.69, 9.17) is 17.3 Å². The molecule has 3 N–H and O–H groups in total. The maximum Gasteiger partial charge on any atom is 0.250 e. The summed E-state index contributed by atoms with van der Waals surface area (Å²) in [4.78, 5) is 15.2. The average molecular weight is 403 g/mol. The maximum atomic E-state index is 12.0. The highest BCUT2D eigenvalue weighted by molar-refractivity contribution is 7.91. The average Bonchev–Trinajstić information content (AvgIpc) is 3.04. The lowest BCUT2D eigenvalue weighted by atomic mass is 9.91. The van der Waals surface area contributed by atoms with Crippen molar-refractivity contribution in [2.75, 3.05) is 11.5 Å². The van der Waals surface area contributed by atoms with E-state index in [-0.39, 0.29) is 17.4 Å². The van der Waals surface area contributed by atoms with Crippen molar-refractivity contribution in [1.29, 1.82) is 0 Å². The molecule has 1 aliphatic heterocycles. The lowest BCUT2D eigenvalue weighted by molar-refractivity contribution is 0.100. The molecule has 1 amide bonds. The van der Waals surface area contributed by atoms with Crippen molar-refractivity contribution in [1.82, 2.24) is 4.98 Å². The first-order valence-electron chi connectivity index (χ1n) is 8.75. The molecule has 5 nitrogen and oxygen atoms in total. The molecule has 140 valence electrons. The zero-order chi connectivity index (χ0) is 19.2. The summed E-state index contributed by atoms with van der Waals surface area (Å²) in [7, 11) is -2.94. The van der Waals surface area contributed by atoms with Crippen LogP contribution in [0.25, 0.3) is 22.0 Å². The van der Waals surface area contributed by atoms with E-state index in [0.29, 0.717) is 28.9 Å². The van der Waals surface area contributed by atoms with Gasteiger partial charge in [0.05, 0.1) is 22.6 Å². The third kappa shape index (κ3) is 3.47. The molecule has 2 heterocycles. The smallest absolute Gasteiger partial charge is 0.250 e. The summed E-state index contributed by atoms with van der Waals surface area (Å²) < 4.78 is 23.5. The Bertz CT molecular complexity index is 1140. The van der Waals surface area contributed by atoms with E-state index in [2.05, 4.69) is 4.98 Å². The van der Waals surface area contributed by atoms with Gasteiger partial charge in [0.15, 0.2) is 0 Å². The van der Waals surface area contributed by atoms with Gasteiger partial charge in [-0.15, -0.1) is 0 Å². The summed E-state index contributed by atoms with van der Waals surface area (Å²) >= 11 is 6.12. The molecule has 0 bridgehead atoms. The van der Waals surface area contributed by atoms with Crippen LogP contribution in [-0.4, -0.2) is 30.8 Å². The normalized spacial score (nSPS) is 17.2. The van der Waals surface area contributed by atoms with Crippen LogP contribution in [0.15, 0.2) is 42.6 Å². The Morgan fingerprint density at radius 3 is 2.52 bits per heavy atom. The summed E-state index contributed by atoms with van der Waals surface area (Å²) in [6.45, 7) is 0. The highest BCUT2D eigenvalue weighted by atomic mass is 35.5. The van der Waals surface area contributed by atoms with Gasteiger partial charge in [-0.3, -0.25) is 4.79 Å². The minimum Gasteiger partial charge on any atom is -0.366 e. The first kappa shape index (κ1) is 18.1. The van der Waals surface area contributed by atoms with Crippen molar-refractivity contribution in [2.24, 2.45) is 5.73 Å². The van der Waals surface area contributed by atoms with Crippen molar-refractivity contribution in [3.8, 4) is 11.1 Å². The van der Waals surface area contributed by atoms with Crippen LogP contribution in [0.2, 0.25) is 5.02 Å². The van der Waals surface area contributed by atoms with E-state index >= 15 is 0 Å². The van der Waals surface area contributed by atoms with Crippen molar-refractivity contribution in [2.45, 2.75) is 18.8 Å². The second kappa shape index (κ2) is 6.69. The Labute approximate surface area is 162 Å². The minimum absolute atomic E-state index is 0.137. The van der Waals surface area contributed by atoms with Gasteiger partial charge >= 0.3 is 0 Å². The Morgan fingerprint density at radius 2 is 1.85 bits per heavy atom. The number of H-pyrrole nitrogens is 1. The molecule has 1 aliphatic rings. The molecule has 2 aromatic carbocycles. The van der Waals surface area contributed by atoms with Gasteiger partial charge in [-0.05, 0) is 59.7 Å². The molecular formula is C20H19ClN2O3S. The van der Waals surface area contributed by atoms with Crippen molar-refractivity contribution >= 4 is 38.2 Å². The van der Waals surface area contributed by atoms with Gasteiger partial charge in [0, 0.05) is 16.6 Å². The first-order chi connectivity index (χ1) is 12.8. The molecule has 0 radical (unpaired) electrons. The predicted molar refractivity (Wildman–Crippen MR) is 108 cm³/mol. The topological polar surface area (TPSA) is 93.0 Å². The predicted octanol–water partition coefficient (Wildman–Crippen LogP) is 3.88. The maximum absolute atomic E-state index is 12.0. The number of halogens is 1. The molecular weight excluding hydrogens is 384 g/mol. The quantitative estimate of drug-likeness (QED) is 0.696. The lowest BCUT2D eigenvalue weighted by Gasteiger charge is -2.21. The Balaban J connectivity index is 1.86. The number of primary amides is 1. The molecule has 27 heavy (non-hydrogen) atoms. The fraction of sp³-hybridized carbons (Fsp3) is 0.250. The zero-order valence-electron chi connectivity index (χ0n) is 14.5. The molecule has 0 atom stereocenters. The van der Waals surface area contributed by atoms with Gasteiger partial charge in [0.2, 0.25) is 0 Å². The summed E-state index contributed by atoms with van der Waals surface area (Å²) in [5.41, 5.74) is 9.50. The minimum atomic E-state index is -2.94. The van der Waals surface area contributed by atoms with E-state index in [0.717, 1.165) is 22.1 Å². The van der Waals surface area contributed by atoms with Crippen LogP contribution in [0.3, 0.4) is 0 Å². The Kier molecular flexibility index (Phi) is 4.48. The van der Waals surface area contributed by atoms with E-state index in [1.54, 1.807) is 12.1 Å². The monoisotopic (exact) mass is 402 g/mol. The van der Waals surface area contributed by atoms with E-state index in [1.807, 2.05) is 30.5 Å². The third-order valence-electron chi connectivity index (χ3n) is 5.24. The fourth-order valence-electron chi connectivity index (χ4n) is 3.82. The van der Waals surface area contributed by atoms with Gasteiger partial charge in [0.1, 0.15) is 9.84 Å². The van der Waals surface area contributed by atoms with E-state index < -0.39 is 15.7 Å². The highest BCUT2D eigenvalue weighted by Crippen LogP contribution is 2.37. The number of nitrogens with one attached hydrogen (secondary N) is 1. The molecule has 7 heteroatoms. The molecule has 3 aromatic rings. The fourth-order valence-corrected chi connectivity index (χ4v) is 5.50. The number of nitrogens with two attached hydrogens (primary N) is 1. The molecule has 0 unspecified atom stereocenters. The van der Waals surface area contributed by atoms with Crippen LogP contribution in [0.4, 0.5) is 0 Å². The standard InChI is InChI=1S/C20H19ClN2O3S/c21-15-3-1-2-13(8-15)14-9-16-18(12-4-6-27(25,26)7-5-12)11-23-19(16)17(10-14)20(22)24/h1-3,8-12,23H,4-7H2,(H2,22,24). The number of aromatic nitrogens is 1. The van der Waals surface area contributed by atoms with Gasteiger partial charge in [0.25, 0.3) is 5.91 Å². The van der Waals surface area contributed by atoms with Crippen LogP contribution in [-0.2, 0) is 9.84 Å². The number of rotatable bonds is 3. The van der Waals surface area contributed by atoms with E-state index in [9.17, 15) is 13.2 Å². The summed E-state index contributed by atoms with van der Waals surface area (Å²) in [6.07, 6.45) is 3.05. The number of carbonyl (C=O) groups is 1. The van der Waals surface area contributed by atoms with Crippen molar-refractivity contribution in [3.63, 3.8) is 0 Å². The van der Waals surface area contributed by atoms with Crippen LogP contribution in [0.1, 0.15) is 34.7 Å². The number of sulfone groups is 1. The first-order valence-corrected chi connectivity index (χ1v) is 11.0. The SMILES string of the molecule is NC(=O)c1cc(-c2cccc(Cl)c2)cc2c(C3CCS(=O)(=O)CC3)c[nH]c12. The van der Waals surface area contributed by atoms with Crippen LogP contribution in [0, 0.1) is 0 Å². The van der Waals surface area contributed by atoms with Gasteiger partial charge < -0.3 is 10.7 Å². The van der Waals surface area contributed by atoms with Crippen LogP contribution in [0.5, 0.6) is 0 Å². The van der Waals surface area contributed by atoms with E-state index in [1.165, 1.54) is 0 Å².